The average Bonchev–Trinajstić information content (AvgIpc) is 2.15. The largest absolute Gasteiger partial charge is 0.407 e. The van der Waals surface area contributed by atoms with Crippen molar-refractivity contribution in [3.8, 4) is 0 Å². The summed E-state index contributed by atoms with van der Waals surface area (Å²) in [6.45, 7) is 8.83. The molecule has 2 nitrogen and oxygen atoms in total. The summed E-state index contributed by atoms with van der Waals surface area (Å²) >= 11 is 0. The lowest BCUT2D eigenvalue weighted by atomic mass is 9.93. The quantitative estimate of drug-likeness (QED) is 0.728. The maximum atomic E-state index is 13.2. The second-order valence-electron chi connectivity index (χ2n) is 4.93. The van der Waals surface area contributed by atoms with Crippen molar-refractivity contribution in [2.24, 2.45) is 0 Å². The summed E-state index contributed by atoms with van der Waals surface area (Å²) < 4.78 is 39.5. The molecule has 1 atom stereocenters. The molecule has 0 aromatic rings. The van der Waals surface area contributed by atoms with Crippen LogP contribution in [0.1, 0.15) is 27.7 Å². The Bertz CT molecular complexity index is 240. The van der Waals surface area contributed by atoms with Crippen molar-refractivity contribution < 1.29 is 13.2 Å². The molecule has 0 aromatic carbocycles. The molecule has 0 N–H and O–H groups in total. The molecule has 0 aromatic heterocycles. The number of piperazine rings is 1. The Labute approximate surface area is 95.4 Å². The highest BCUT2D eigenvalue weighted by Crippen LogP contribution is 2.38. The molecule has 1 unspecified atom stereocenters. The van der Waals surface area contributed by atoms with E-state index < -0.39 is 11.7 Å². The number of hydrogen-bond donors (Lipinski definition) is 0. The van der Waals surface area contributed by atoms with Crippen LogP contribution in [0.5, 0.6) is 0 Å². The molecule has 1 aliphatic rings. The normalized spacial score (nSPS) is 30.0. The standard InChI is InChI=1S/C11H21F3N2/c1-5-15-6-7-16(9(2)3)10(4,8-15)11(12,13)14/h9H,5-8H2,1-4H3. The minimum Gasteiger partial charge on any atom is -0.300 e. The first-order valence-electron chi connectivity index (χ1n) is 5.78. The summed E-state index contributed by atoms with van der Waals surface area (Å²) in [6.07, 6.45) is -4.18. The Morgan fingerprint density at radius 1 is 1.25 bits per heavy atom. The summed E-state index contributed by atoms with van der Waals surface area (Å²) in [7, 11) is 0. The first kappa shape index (κ1) is 13.8. The van der Waals surface area contributed by atoms with Crippen molar-refractivity contribution in [3.63, 3.8) is 0 Å². The molecule has 1 heterocycles. The van der Waals surface area contributed by atoms with Crippen molar-refractivity contribution in [3.05, 3.63) is 0 Å². The number of alkyl halides is 3. The van der Waals surface area contributed by atoms with Gasteiger partial charge in [-0.05, 0) is 27.3 Å². The molecule has 0 bridgehead atoms. The van der Waals surface area contributed by atoms with Crippen LogP contribution in [-0.2, 0) is 0 Å². The van der Waals surface area contributed by atoms with Gasteiger partial charge in [-0.25, -0.2) is 0 Å². The van der Waals surface area contributed by atoms with E-state index in [2.05, 4.69) is 0 Å². The summed E-state index contributed by atoms with van der Waals surface area (Å²) in [5.41, 5.74) is -1.71. The predicted octanol–water partition coefficient (Wildman–Crippen LogP) is 2.35. The molecule has 0 radical (unpaired) electrons. The average molecular weight is 238 g/mol. The Morgan fingerprint density at radius 3 is 2.19 bits per heavy atom. The van der Waals surface area contributed by atoms with E-state index in [4.69, 9.17) is 0 Å². The number of likely N-dealkylation sites (N-methyl/N-ethyl adjacent to an activating group) is 1. The Hall–Kier alpha value is -0.290. The number of nitrogens with zero attached hydrogens (tertiary/aromatic N) is 2. The van der Waals surface area contributed by atoms with Crippen molar-refractivity contribution >= 4 is 0 Å². The Balaban J connectivity index is 2.96. The zero-order chi connectivity index (χ0) is 12.6. The lowest BCUT2D eigenvalue weighted by Gasteiger charge is -2.51. The summed E-state index contributed by atoms with van der Waals surface area (Å²) in [4.78, 5) is 3.44. The van der Waals surface area contributed by atoms with Crippen molar-refractivity contribution in [1.82, 2.24) is 9.80 Å². The maximum absolute atomic E-state index is 13.2. The molecule has 1 fully saturated rings. The first-order chi connectivity index (χ1) is 7.22. The van der Waals surface area contributed by atoms with Gasteiger partial charge in [-0.2, -0.15) is 13.2 Å². The van der Waals surface area contributed by atoms with Gasteiger partial charge in [0.2, 0.25) is 0 Å². The van der Waals surface area contributed by atoms with Gasteiger partial charge in [-0.1, -0.05) is 6.92 Å². The van der Waals surface area contributed by atoms with Gasteiger partial charge in [-0.3, -0.25) is 4.90 Å². The topological polar surface area (TPSA) is 6.48 Å². The maximum Gasteiger partial charge on any atom is 0.407 e. The van der Waals surface area contributed by atoms with Crippen LogP contribution in [0.2, 0.25) is 0 Å². The summed E-state index contributed by atoms with van der Waals surface area (Å²) in [5.74, 6) is 0. The third kappa shape index (κ3) is 2.35. The van der Waals surface area contributed by atoms with Gasteiger partial charge >= 0.3 is 6.18 Å². The molecule has 0 amide bonds. The van der Waals surface area contributed by atoms with Crippen LogP contribution in [0.4, 0.5) is 13.2 Å². The van der Waals surface area contributed by atoms with Crippen molar-refractivity contribution in [2.75, 3.05) is 26.2 Å². The monoisotopic (exact) mass is 238 g/mol. The van der Waals surface area contributed by atoms with Crippen molar-refractivity contribution in [2.45, 2.75) is 45.5 Å². The summed E-state index contributed by atoms with van der Waals surface area (Å²) in [5, 5.41) is 0. The Kier molecular flexibility index (Phi) is 3.90. The number of rotatable bonds is 2. The SMILES string of the molecule is CCN1CCN(C(C)C)C(C)(C(F)(F)F)C1. The van der Waals surface area contributed by atoms with E-state index in [1.165, 1.54) is 6.92 Å². The summed E-state index contributed by atoms with van der Waals surface area (Å²) in [6, 6.07) is -0.0781. The fourth-order valence-corrected chi connectivity index (χ4v) is 2.45. The van der Waals surface area contributed by atoms with Crippen LogP contribution < -0.4 is 0 Å². The van der Waals surface area contributed by atoms with E-state index in [0.29, 0.717) is 13.1 Å². The van der Waals surface area contributed by atoms with Gasteiger partial charge < -0.3 is 4.90 Å². The molecule has 0 saturated carbocycles. The second-order valence-corrected chi connectivity index (χ2v) is 4.93. The van der Waals surface area contributed by atoms with Crippen LogP contribution >= 0.6 is 0 Å². The highest BCUT2D eigenvalue weighted by Gasteiger charge is 2.57. The van der Waals surface area contributed by atoms with Crippen LogP contribution in [0.25, 0.3) is 0 Å². The highest BCUT2D eigenvalue weighted by atomic mass is 19.4. The van der Waals surface area contributed by atoms with E-state index in [1.807, 2.05) is 25.7 Å². The van der Waals surface area contributed by atoms with Gasteiger partial charge in [0.15, 0.2) is 0 Å². The van der Waals surface area contributed by atoms with E-state index in [1.54, 1.807) is 4.90 Å². The smallest absolute Gasteiger partial charge is 0.300 e. The van der Waals surface area contributed by atoms with Gasteiger partial charge in [0.25, 0.3) is 0 Å². The Morgan fingerprint density at radius 2 is 1.81 bits per heavy atom. The second kappa shape index (κ2) is 4.53. The van der Waals surface area contributed by atoms with E-state index in [9.17, 15) is 13.2 Å². The fourth-order valence-electron chi connectivity index (χ4n) is 2.45. The molecule has 5 heteroatoms. The first-order valence-corrected chi connectivity index (χ1v) is 5.78. The minimum atomic E-state index is -4.18. The molecule has 0 spiro atoms. The molecular weight excluding hydrogens is 217 g/mol. The van der Waals surface area contributed by atoms with E-state index in [0.717, 1.165) is 6.54 Å². The predicted molar refractivity (Wildman–Crippen MR) is 58.4 cm³/mol. The molecule has 1 rings (SSSR count). The molecule has 0 aliphatic carbocycles. The van der Waals surface area contributed by atoms with Gasteiger partial charge in [0.05, 0.1) is 0 Å². The minimum absolute atomic E-state index is 0.0746. The van der Waals surface area contributed by atoms with Crippen LogP contribution in [-0.4, -0.2) is 53.7 Å². The zero-order valence-corrected chi connectivity index (χ0v) is 10.4. The van der Waals surface area contributed by atoms with Gasteiger partial charge in [-0.15, -0.1) is 0 Å². The van der Waals surface area contributed by atoms with Gasteiger partial charge in [0.1, 0.15) is 5.54 Å². The lowest BCUT2D eigenvalue weighted by Crippen LogP contribution is -2.68. The van der Waals surface area contributed by atoms with Crippen LogP contribution in [0, 0.1) is 0 Å². The zero-order valence-electron chi connectivity index (χ0n) is 10.4. The molecule has 1 saturated heterocycles. The third-order valence-corrected chi connectivity index (χ3v) is 3.50. The van der Waals surface area contributed by atoms with Crippen LogP contribution in [0.3, 0.4) is 0 Å². The molecule has 1 aliphatic heterocycles. The molecule has 16 heavy (non-hydrogen) atoms. The van der Waals surface area contributed by atoms with Crippen molar-refractivity contribution in [1.29, 1.82) is 0 Å². The number of halogens is 3. The lowest BCUT2D eigenvalue weighted by molar-refractivity contribution is -0.246. The highest BCUT2D eigenvalue weighted by molar-refractivity contribution is 5.00. The third-order valence-electron chi connectivity index (χ3n) is 3.50. The fraction of sp³-hybridized carbons (Fsp3) is 1.00. The molecule has 96 valence electrons. The molecular formula is C11H21F3N2. The van der Waals surface area contributed by atoms with Gasteiger partial charge in [0, 0.05) is 25.7 Å². The van der Waals surface area contributed by atoms with E-state index >= 15 is 0 Å². The van der Waals surface area contributed by atoms with Crippen LogP contribution in [0.15, 0.2) is 0 Å². The van der Waals surface area contributed by atoms with E-state index in [-0.39, 0.29) is 12.6 Å². The number of hydrogen-bond acceptors (Lipinski definition) is 2.